The van der Waals surface area contributed by atoms with E-state index in [1.165, 1.54) is 6.07 Å². The Hall–Kier alpha value is -1.51. The predicted octanol–water partition coefficient (Wildman–Crippen LogP) is 0.514. The zero-order valence-electron chi connectivity index (χ0n) is 11.9. The van der Waals surface area contributed by atoms with Crippen LogP contribution >= 0.6 is 12.2 Å². The number of hydrogen-bond donors (Lipinski definition) is 3. The molecule has 0 fully saturated rings. The molecule has 0 spiro atoms. The molecular weight excluding hydrogens is 310 g/mol. The number of carbonyl (C=O) groups is 1. The Morgan fingerprint density at radius 3 is 2.52 bits per heavy atom. The first-order valence-electron chi connectivity index (χ1n) is 6.42. The third-order valence-corrected chi connectivity index (χ3v) is 4.27. The van der Waals surface area contributed by atoms with Crippen molar-refractivity contribution in [2.24, 2.45) is 5.73 Å². The molecule has 6 nitrogen and oxygen atoms in total. The summed E-state index contributed by atoms with van der Waals surface area (Å²) in [6.07, 6.45) is 0.0622. The van der Waals surface area contributed by atoms with Gasteiger partial charge >= 0.3 is 0 Å². The van der Waals surface area contributed by atoms with Crippen LogP contribution in [-0.4, -0.2) is 31.9 Å². The number of benzene rings is 1. The summed E-state index contributed by atoms with van der Waals surface area (Å²) in [4.78, 5) is 11.5. The van der Waals surface area contributed by atoms with E-state index in [4.69, 9.17) is 18.0 Å². The van der Waals surface area contributed by atoms with Crippen molar-refractivity contribution in [3.8, 4) is 0 Å². The highest BCUT2D eigenvalue weighted by Crippen LogP contribution is 2.15. The molecule has 0 bridgehead atoms. The summed E-state index contributed by atoms with van der Waals surface area (Å²) >= 11 is 4.84. The van der Waals surface area contributed by atoms with Crippen molar-refractivity contribution >= 4 is 33.1 Å². The maximum Gasteiger partial charge on any atom is 0.241 e. The van der Waals surface area contributed by atoms with Crippen LogP contribution in [0.4, 0.5) is 0 Å². The van der Waals surface area contributed by atoms with Crippen molar-refractivity contribution in [3.63, 3.8) is 0 Å². The van der Waals surface area contributed by atoms with E-state index < -0.39 is 10.0 Å². The zero-order valence-corrected chi connectivity index (χ0v) is 13.6. The molecule has 116 valence electrons. The topological polar surface area (TPSA) is 101 Å². The molecule has 0 aromatic heterocycles. The van der Waals surface area contributed by atoms with Gasteiger partial charge in [-0.2, -0.15) is 0 Å². The van der Waals surface area contributed by atoms with Gasteiger partial charge in [0, 0.05) is 24.6 Å². The van der Waals surface area contributed by atoms with Gasteiger partial charge in [0.25, 0.3) is 0 Å². The molecule has 8 heteroatoms. The summed E-state index contributed by atoms with van der Waals surface area (Å²) in [5, 5.41) is 2.68. The molecule has 0 radical (unpaired) electrons. The second-order valence-electron chi connectivity index (χ2n) is 4.73. The minimum atomic E-state index is -3.76. The number of hydrogen-bond acceptors (Lipinski definition) is 4. The summed E-state index contributed by atoms with van der Waals surface area (Å²) in [6, 6.07) is 6.23. The van der Waals surface area contributed by atoms with Gasteiger partial charge in [0.05, 0.1) is 4.90 Å². The molecule has 1 amide bonds. The van der Waals surface area contributed by atoms with Crippen LogP contribution < -0.4 is 15.8 Å². The quantitative estimate of drug-likeness (QED) is 0.633. The van der Waals surface area contributed by atoms with E-state index in [1.807, 2.05) is 13.8 Å². The Morgan fingerprint density at radius 2 is 1.95 bits per heavy atom. The molecule has 0 saturated carbocycles. The molecule has 0 unspecified atom stereocenters. The maximum atomic E-state index is 12.2. The standard InChI is InChI=1S/C13H19N3O3S2/c1-9(2)16-12(17)7-8-15-21(18,19)11-6-4-3-5-10(11)13(14)20/h3-6,9,15H,7-8H2,1-2H3,(H2,14,20)(H,16,17). The maximum absolute atomic E-state index is 12.2. The van der Waals surface area contributed by atoms with Gasteiger partial charge in [-0.25, -0.2) is 13.1 Å². The minimum absolute atomic E-state index is 0.00650. The summed E-state index contributed by atoms with van der Waals surface area (Å²) in [5.41, 5.74) is 5.80. The van der Waals surface area contributed by atoms with Crippen molar-refractivity contribution in [1.82, 2.24) is 10.0 Å². The predicted molar refractivity (Wildman–Crippen MR) is 85.4 cm³/mol. The lowest BCUT2D eigenvalue weighted by atomic mass is 10.2. The number of rotatable bonds is 7. The third-order valence-electron chi connectivity index (χ3n) is 2.54. The fraction of sp³-hybridized carbons (Fsp3) is 0.385. The fourth-order valence-electron chi connectivity index (χ4n) is 1.68. The van der Waals surface area contributed by atoms with Gasteiger partial charge in [0.15, 0.2) is 0 Å². The van der Waals surface area contributed by atoms with Gasteiger partial charge in [0.1, 0.15) is 4.99 Å². The van der Waals surface area contributed by atoms with Gasteiger partial charge in [-0.15, -0.1) is 0 Å². The van der Waals surface area contributed by atoms with Crippen molar-refractivity contribution in [3.05, 3.63) is 29.8 Å². The molecule has 1 aromatic rings. The monoisotopic (exact) mass is 329 g/mol. The van der Waals surface area contributed by atoms with E-state index in [0.717, 1.165) is 0 Å². The third kappa shape index (κ3) is 5.41. The first-order chi connectivity index (χ1) is 9.74. The fourth-order valence-corrected chi connectivity index (χ4v) is 3.17. The summed E-state index contributed by atoms with van der Waals surface area (Å²) in [5.74, 6) is -0.213. The Balaban J connectivity index is 2.75. The Morgan fingerprint density at radius 1 is 1.33 bits per heavy atom. The number of nitrogens with two attached hydrogens (primary N) is 1. The highest BCUT2D eigenvalue weighted by atomic mass is 32.2. The Bertz CT molecular complexity index is 627. The number of carbonyl (C=O) groups excluding carboxylic acids is 1. The molecule has 21 heavy (non-hydrogen) atoms. The zero-order chi connectivity index (χ0) is 16.0. The second kappa shape index (κ2) is 7.48. The lowest BCUT2D eigenvalue weighted by molar-refractivity contribution is -0.121. The summed E-state index contributed by atoms with van der Waals surface area (Å²) in [7, 11) is -3.76. The van der Waals surface area contributed by atoms with E-state index in [9.17, 15) is 13.2 Å². The second-order valence-corrected chi connectivity index (χ2v) is 6.91. The van der Waals surface area contributed by atoms with Crippen LogP contribution in [0.3, 0.4) is 0 Å². The van der Waals surface area contributed by atoms with E-state index in [1.54, 1.807) is 18.2 Å². The average Bonchev–Trinajstić information content (AvgIpc) is 2.37. The molecule has 0 aliphatic carbocycles. The lowest BCUT2D eigenvalue weighted by Gasteiger charge is -2.11. The van der Waals surface area contributed by atoms with Crippen LogP contribution in [-0.2, 0) is 14.8 Å². The van der Waals surface area contributed by atoms with E-state index in [-0.39, 0.29) is 40.4 Å². The first-order valence-corrected chi connectivity index (χ1v) is 8.31. The molecule has 0 atom stereocenters. The van der Waals surface area contributed by atoms with E-state index >= 15 is 0 Å². The van der Waals surface area contributed by atoms with Gasteiger partial charge in [0.2, 0.25) is 15.9 Å². The minimum Gasteiger partial charge on any atom is -0.389 e. The summed E-state index contributed by atoms with van der Waals surface area (Å²) in [6.45, 7) is 3.67. The van der Waals surface area contributed by atoms with E-state index in [0.29, 0.717) is 0 Å². The summed E-state index contributed by atoms with van der Waals surface area (Å²) < 4.78 is 26.8. The largest absolute Gasteiger partial charge is 0.389 e. The van der Waals surface area contributed by atoms with E-state index in [2.05, 4.69) is 10.0 Å². The molecule has 1 rings (SSSR count). The molecule has 4 N–H and O–H groups in total. The van der Waals surface area contributed by atoms with Crippen LogP contribution in [0.15, 0.2) is 29.2 Å². The molecular formula is C13H19N3O3S2. The molecule has 1 aromatic carbocycles. The first kappa shape index (κ1) is 17.5. The molecule has 0 heterocycles. The molecule has 0 aliphatic heterocycles. The SMILES string of the molecule is CC(C)NC(=O)CCNS(=O)(=O)c1ccccc1C(N)=S. The van der Waals surface area contributed by atoms with Gasteiger partial charge in [-0.1, -0.05) is 30.4 Å². The van der Waals surface area contributed by atoms with Crippen molar-refractivity contribution < 1.29 is 13.2 Å². The van der Waals surface area contributed by atoms with Gasteiger partial charge in [-0.3, -0.25) is 4.79 Å². The normalized spacial score (nSPS) is 11.4. The van der Waals surface area contributed by atoms with Gasteiger partial charge in [-0.05, 0) is 19.9 Å². The van der Waals surface area contributed by atoms with Crippen molar-refractivity contribution in [2.75, 3.05) is 6.54 Å². The van der Waals surface area contributed by atoms with Crippen LogP contribution in [0.25, 0.3) is 0 Å². The molecule has 0 saturated heterocycles. The number of nitrogens with one attached hydrogen (secondary N) is 2. The Kier molecular flexibility index (Phi) is 6.25. The van der Waals surface area contributed by atoms with Crippen LogP contribution in [0.1, 0.15) is 25.8 Å². The van der Waals surface area contributed by atoms with Crippen LogP contribution in [0.2, 0.25) is 0 Å². The van der Waals surface area contributed by atoms with Crippen LogP contribution in [0.5, 0.6) is 0 Å². The van der Waals surface area contributed by atoms with Crippen molar-refractivity contribution in [1.29, 1.82) is 0 Å². The Labute approximate surface area is 130 Å². The van der Waals surface area contributed by atoms with Gasteiger partial charge < -0.3 is 11.1 Å². The average molecular weight is 329 g/mol. The number of thiocarbonyl (C=S) groups is 1. The van der Waals surface area contributed by atoms with Crippen LogP contribution in [0, 0.1) is 0 Å². The lowest BCUT2D eigenvalue weighted by Crippen LogP contribution is -2.34. The van der Waals surface area contributed by atoms with Crippen molar-refractivity contribution in [2.45, 2.75) is 31.2 Å². The number of amides is 1. The molecule has 0 aliphatic rings. The highest BCUT2D eigenvalue weighted by molar-refractivity contribution is 7.89. The number of sulfonamides is 1. The highest BCUT2D eigenvalue weighted by Gasteiger charge is 2.19. The smallest absolute Gasteiger partial charge is 0.241 e.